The second-order valence-electron chi connectivity index (χ2n) is 12.3. The summed E-state index contributed by atoms with van der Waals surface area (Å²) in [7, 11) is 0. The maximum absolute atomic E-state index is 13.4. The van der Waals surface area contributed by atoms with Gasteiger partial charge in [-0.05, 0) is 45.4 Å². The summed E-state index contributed by atoms with van der Waals surface area (Å²) in [5, 5.41) is 59.4. The summed E-state index contributed by atoms with van der Waals surface area (Å²) in [6, 6.07) is -9.40. The molecule has 0 aliphatic rings. The molecule has 22 nitrogen and oxygen atoms in total. The molecule has 17 N–H and O–H groups in total. The Hall–Kier alpha value is -5.09. The van der Waals surface area contributed by atoms with E-state index in [2.05, 4.69) is 31.9 Å². The van der Waals surface area contributed by atoms with Crippen molar-refractivity contribution in [2.24, 2.45) is 23.1 Å². The molecule has 0 saturated carbocycles. The van der Waals surface area contributed by atoms with Crippen molar-refractivity contribution in [1.82, 2.24) is 31.9 Å². The van der Waals surface area contributed by atoms with E-state index in [0.717, 1.165) is 13.8 Å². The molecule has 0 aliphatic carbocycles. The molecule has 0 saturated heterocycles. The molecule has 0 spiro atoms. The van der Waals surface area contributed by atoms with Crippen LogP contribution in [-0.4, -0.2) is 129 Å². The van der Waals surface area contributed by atoms with Gasteiger partial charge in [0.25, 0.3) is 0 Å². The van der Waals surface area contributed by atoms with Crippen molar-refractivity contribution in [3.8, 4) is 0 Å². The molecule has 290 valence electrons. The van der Waals surface area contributed by atoms with Crippen LogP contribution in [0.15, 0.2) is 0 Å². The zero-order chi connectivity index (χ0) is 39.6. The molecule has 0 aromatic heterocycles. The first-order valence-corrected chi connectivity index (χ1v) is 16.0. The number of carboxylic acids is 2. The molecule has 0 aliphatic heterocycles. The summed E-state index contributed by atoms with van der Waals surface area (Å²) in [5.74, 6) is -9.60. The lowest BCUT2D eigenvalue weighted by molar-refractivity contribution is -0.145. The number of hydrogen-bond acceptors (Lipinski definition) is 12. The Labute approximate surface area is 293 Å². The first kappa shape index (κ1) is 45.9. The molecule has 22 heteroatoms. The van der Waals surface area contributed by atoms with Gasteiger partial charge in [-0.1, -0.05) is 13.8 Å². The van der Waals surface area contributed by atoms with Crippen LogP contribution in [0.3, 0.4) is 0 Å². The largest absolute Gasteiger partial charge is 0.481 e. The van der Waals surface area contributed by atoms with Gasteiger partial charge >= 0.3 is 11.9 Å². The Bertz CT molecular complexity index is 1260. The molecule has 0 radical (unpaired) electrons. The number of carboxylic acid groups (broad SMARTS) is 2. The number of nitrogens with two attached hydrogens (primary N) is 3. The molecule has 0 fully saturated rings. The topological polar surface area (TPSA) is 392 Å². The smallest absolute Gasteiger partial charge is 0.328 e. The van der Waals surface area contributed by atoms with Gasteiger partial charge in [0, 0.05) is 13.0 Å². The van der Waals surface area contributed by atoms with Crippen LogP contribution in [0.25, 0.3) is 0 Å². The number of aliphatic hydroxyl groups is 2. The Morgan fingerprint density at radius 2 is 1.16 bits per heavy atom. The molecule has 0 rings (SSSR count). The van der Waals surface area contributed by atoms with Crippen LogP contribution in [0.5, 0.6) is 0 Å². The van der Waals surface area contributed by atoms with Gasteiger partial charge in [0.1, 0.15) is 24.2 Å². The Morgan fingerprint density at radius 1 is 0.667 bits per heavy atom. The van der Waals surface area contributed by atoms with Crippen molar-refractivity contribution < 1.29 is 58.8 Å². The van der Waals surface area contributed by atoms with Gasteiger partial charge in [0.15, 0.2) is 12.0 Å². The molecule has 6 amide bonds. The first-order valence-electron chi connectivity index (χ1n) is 16.0. The van der Waals surface area contributed by atoms with Gasteiger partial charge in [-0.2, -0.15) is 0 Å². The lowest BCUT2D eigenvalue weighted by atomic mass is 10.0. The molecule has 0 heterocycles. The normalized spacial score (nSPS) is 15.7. The van der Waals surface area contributed by atoms with Gasteiger partial charge in [-0.3, -0.25) is 39.0 Å². The molecular formula is C29H52N10O12. The summed E-state index contributed by atoms with van der Waals surface area (Å²) >= 11 is 0. The second-order valence-corrected chi connectivity index (χ2v) is 12.3. The molecular weight excluding hydrogens is 680 g/mol. The van der Waals surface area contributed by atoms with Gasteiger partial charge in [0.2, 0.25) is 35.4 Å². The van der Waals surface area contributed by atoms with E-state index in [1.165, 1.54) is 0 Å². The molecule has 0 aromatic carbocycles. The van der Waals surface area contributed by atoms with Crippen molar-refractivity contribution in [3.05, 3.63) is 0 Å². The zero-order valence-electron chi connectivity index (χ0n) is 28.9. The van der Waals surface area contributed by atoms with Gasteiger partial charge in [0.05, 0.1) is 24.7 Å². The van der Waals surface area contributed by atoms with Crippen LogP contribution in [0.4, 0.5) is 0 Å². The fraction of sp³-hybridized carbons (Fsp3) is 0.690. The van der Waals surface area contributed by atoms with Crippen LogP contribution in [-0.2, 0) is 38.4 Å². The monoisotopic (exact) mass is 732 g/mol. The predicted molar refractivity (Wildman–Crippen MR) is 178 cm³/mol. The molecule has 8 atom stereocenters. The number of carbonyl (C=O) groups is 8. The minimum absolute atomic E-state index is 0.0350. The van der Waals surface area contributed by atoms with Crippen molar-refractivity contribution in [3.63, 3.8) is 0 Å². The summed E-state index contributed by atoms with van der Waals surface area (Å²) in [4.78, 5) is 99.8. The van der Waals surface area contributed by atoms with Crippen LogP contribution in [0.1, 0.15) is 66.2 Å². The third-order valence-corrected chi connectivity index (χ3v) is 7.11. The van der Waals surface area contributed by atoms with E-state index in [1.807, 2.05) is 0 Å². The van der Waals surface area contributed by atoms with Gasteiger partial charge < -0.3 is 69.5 Å². The predicted octanol–water partition coefficient (Wildman–Crippen LogP) is -5.37. The molecule has 0 bridgehead atoms. The highest BCUT2D eigenvalue weighted by Crippen LogP contribution is 2.09. The number of hydrogen-bond donors (Lipinski definition) is 14. The Morgan fingerprint density at radius 3 is 1.63 bits per heavy atom. The number of aliphatic carboxylic acids is 2. The van der Waals surface area contributed by atoms with Crippen LogP contribution >= 0.6 is 0 Å². The number of primary amides is 1. The Kier molecular flexibility index (Phi) is 20.3. The highest BCUT2D eigenvalue weighted by molar-refractivity contribution is 5.98. The lowest BCUT2D eigenvalue weighted by Gasteiger charge is -2.28. The maximum Gasteiger partial charge on any atom is 0.328 e. The highest BCUT2D eigenvalue weighted by atomic mass is 16.4. The van der Waals surface area contributed by atoms with E-state index in [4.69, 9.17) is 27.7 Å². The second kappa shape index (κ2) is 22.6. The van der Waals surface area contributed by atoms with Gasteiger partial charge in [-0.25, -0.2) is 4.79 Å². The number of rotatable bonds is 24. The summed E-state index contributed by atoms with van der Waals surface area (Å²) in [5.41, 5.74) is 16.3. The average molecular weight is 733 g/mol. The van der Waals surface area contributed by atoms with E-state index in [9.17, 15) is 53.7 Å². The summed E-state index contributed by atoms with van der Waals surface area (Å²) < 4.78 is 0. The Balaban J connectivity index is 6.12. The standard InChI is InChI=1S/C29H52N10O12/c1-12(2)10-17(36-23(45)15(30)7-8-20(43)44)26(48)38-21(13(3)40)27(49)37-18(11-19(31)42)25(47)35-16(6-5-9-34-29(32)33)24(46)39-22(14(4)41)28(50)51/h12-18,21-22,40-41H,5-11,30H2,1-4H3,(H2,31,42)(H,35,47)(H,36,45)(H,37,49)(H,38,48)(H,39,46)(H,43,44)(H,50,51)(H4,32,33,34)/t13-,14-,15+,16+,17+,18+,21+,22+/m1/s1. The van der Waals surface area contributed by atoms with E-state index in [0.29, 0.717) is 0 Å². The van der Waals surface area contributed by atoms with Crippen LogP contribution < -0.4 is 49.1 Å². The van der Waals surface area contributed by atoms with E-state index in [-0.39, 0.29) is 44.1 Å². The van der Waals surface area contributed by atoms with Crippen molar-refractivity contribution in [2.45, 2.75) is 115 Å². The van der Waals surface area contributed by atoms with Crippen molar-refractivity contribution in [1.29, 1.82) is 5.41 Å². The molecule has 0 unspecified atom stereocenters. The fourth-order valence-electron chi connectivity index (χ4n) is 4.44. The number of aliphatic hydroxyl groups excluding tert-OH is 2. The van der Waals surface area contributed by atoms with E-state index in [1.54, 1.807) is 13.8 Å². The van der Waals surface area contributed by atoms with Crippen molar-refractivity contribution >= 4 is 53.3 Å². The number of carbonyl (C=O) groups excluding carboxylic acids is 6. The SMILES string of the molecule is CC(C)C[C@H](NC(=O)[C@@H](N)CCC(=O)O)C(=O)N[C@H](C(=O)N[C@@H](CC(N)=O)C(=O)N[C@@H](CCCNC(=N)N)C(=O)N[C@H](C(=O)O)[C@@H](C)O)[C@@H](C)O. The van der Waals surface area contributed by atoms with Crippen LogP contribution in [0, 0.1) is 11.3 Å². The number of nitrogens with one attached hydrogen (secondary N) is 7. The minimum Gasteiger partial charge on any atom is -0.481 e. The first-order chi connectivity index (χ1) is 23.6. The van der Waals surface area contributed by atoms with Crippen LogP contribution in [0.2, 0.25) is 0 Å². The van der Waals surface area contributed by atoms with E-state index < -0.39 is 109 Å². The van der Waals surface area contributed by atoms with Crippen molar-refractivity contribution in [2.75, 3.05) is 6.54 Å². The third-order valence-electron chi connectivity index (χ3n) is 7.11. The number of guanidine groups is 1. The number of amides is 6. The fourth-order valence-corrected chi connectivity index (χ4v) is 4.44. The summed E-state index contributed by atoms with van der Waals surface area (Å²) in [6.07, 6.45) is -4.68. The minimum atomic E-state index is -1.79. The third kappa shape index (κ3) is 18.5. The molecule has 51 heavy (non-hydrogen) atoms. The molecule has 0 aromatic rings. The van der Waals surface area contributed by atoms with E-state index >= 15 is 0 Å². The van der Waals surface area contributed by atoms with Gasteiger partial charge in [-0.15, -0.1) is 0 Å². The maximum atomic E-state index is 13.4. The highest BCUT2D eigenvalue weighted by Gasteiger charge is 2.35. The lowest BCUT2D eigenvalue weighted by Crippen LogP contribution is -2.62. The summed E-state index contributed by atoms with van der Waals surface area (Å²) in [6.45, 7) is 5.74. The quantitative estimate of drug-likeness (QED) is 0.0250. The zero-order valence-corrected chi connectivity index (χ0v) is 28.9. The average Bonchev–Trinajstić information content (AvgIpc) is 3.00.